The van der Waals surface area contributed by atoms with Crippen molar-refractivity contribution in [2.45, 2.75) is 11.7 Å². The quantitative estimate of drug-likeness (QED) is 0.828. The van der Waals surface area contributed by atoms with Crippen molar-refractivity contribution in [1.82, 2.24) is 10.3 Å². The summed E-state index contributed by atoms with van der Waals surface area (Å²) in [6, 6.07) is 13.8. The number of thioether (sulfide) groups is 1. The highest BCUT2D eigenvalue weighted by atomic mass is 32.2. The zero-order chi connectivity index (χ0) is 17.6. The maximum atomic E-state index is 11.8. The third-order valence-corrected chi connectivity index (χ3v) is 4.97. The van der Waals surface area contributed by atoms with Gasteiger partial charge in [-0.15, -0.1) is 0 Å². The van der Waals surface area contributed by atoms with Crippen molar-refractivity contribution in [3.63, 3.8) is 0 Å². The number of hydrogen-bond donors (Lipinski definition) is 1. The van der Waals surface area contributed by atoms with Crippen LogP contribution in [0.15, 0.2) is 60.3 Å². The molecule has 1 unspecified atom stereocenters. The summed E-state index contributed by atoms with van der Waals surface area (Å²) in [5.74, 6) is 1.79. The third kappa shape index (κ3) is 4.76. The Balaban J connectivity index is 1.46. The van der Waals surface area contributed by atoms with Crippen molar-refractivity contribution in [1.29, 1.82) is 0 Å². The molecule has 0 radical (unpaired) electrons. The molecule has 0 saturated carbocycles. The summed E-state index contributed by atoms with van der Waals surface area (Å²) in [5, 5.41) is 3.38. The molecule has 1 amide bonds. The molecule has 1 saturated heterocycles. The number of carbonyl (C=O) groups is 1. The van der Waals surface area contributed by atoms with E-state index >= 15 is 0 Å². The smallest absolute Gasteiger partial charge is 0.238 e. The molecule has 2 heterocycles. The molecule has 0 aliphatic carbocycles. The predicted octanol–water partition coefficient (Wildman–Crippen LogP) is 2.84. The first-order valence-corrected chi connectivity index (χ1v) is 9.00. The fourth-order valence-electron chi connectivity index (χ4n) is 2.54. The number of rotatable bonds is 7. The molecule has 1 N–H and O–H groups in total. The van der Waals surface area contributed by atoms with Gasteiger partial charge in [-0.05, 0) is 36.2 Å². The number of amides is 1. The standard InChI is InChI=1S/C19H21N3O2S/c1-14-21-19(23)17(25-14)13-15-6-8-16(9-7-15)24-12-11-22(2)18-5-3-4-10-20-18/h3-10,17H,1,11-13H2,2H3,(H,21,23). The molecule has 1 aromatic heterocycles. The van der Waals surface area contributed by atoms with E-state index in [-0.39, 0.29) is 11.2 Å². The largest absolute Gasteiger partial charge is 0.492 e. The summed E-state index contributed by atoms with van der Waals surface area (Å²) in [6.45, 7) is 5.11. The van der Waals surface area contributed by atoms with Crippen molar-refractivity contribution < 1.29 is 9.53 Å². The van der Waals surface area contributed by atoms with E-state index in [1.54, 1.807) is 6.20 Å². The second-order valence-corrected chi connectivity index (χ2v) is 7.12. The van der Waals surface area contributed by atoms with Crippen molar-refractivity contribution in [2.24, 2.45) is 0 Å². The van der Waals surface area contributed by atoms with Gasteiger partial charge in [-0.1, -0.05) is 36.5 Å². The third-order valence-electron chi connectivity index (χ3n) is 3.92. The lowest BCUT2D eigenvalue weighted by Gasteiger charge is -2.18. The summed E-state index contributed by atoms with van der Waals surface area (Å²) in [5.41, 5.74) is 1.11. The van der Waals surface area contributed by atoms with Crippen molar-refractivity contribution in [3.05, 3.63) is 65.8 Å². The number of nitrogens with zero attached hydrogens (tertiary/aromatic N) is 2. The molecular weight excluding hydrogens is 334 g/mol. The summed E-state index contributed by atoms with van der Waals surface area (Å²) in [4.78, 5) is 18.1. The number of benzene rings is 1. The Hall–Kier alpha value is -2.47. The first-order valence-electron chi connectivity index (χ1n) is 8.12. The van der Waals surface area contributed by atoms with Crippen LogP contribution in [-0.2, 0) is 11.2 Å². The highest BCUT2D eigenvalue weighted by Crippen LogP contribution is 2.28. The molecule has 6 heteroatoms. The second kappa shape index (κ2) is 8.07. The Morgan fingerprint density at radius 2 is 2.08 bits per heavy atom. The lowest BCUT2D eigenvalue weighted by molar-refractivity contribution is -0.119. The minimum absolute atomic E-state index is 0.0351. The molecule has 1 fully saturated rings. The monoisotopic (exact) mass is 355 g/mol. The van der Waals surface area contributed by atoms with Crippen LogP contribution in [0.2, 0.25) is 0 Å². The molecule has 1 aliphatic rings. The van der Waals surface area contributed by atoms with Crippen molar-refractivity contribution >= 4 is 23.5 Å². The minimum atomic E-state index is -0.0914. The van der Waals surface area contributed by atoms with Gasteiger partial charge in [-0.2, -0.15) is 0 Å². The van der Waals surface area contributed by atoms with E-state index in [1.807, 2.05) is 49.5 Å². The fourth-order valence-corrected chi connectivity index (χ4v) is 3.48. The Morgan fingerprint density at radius 1 is 1.28 bits per heavy atom. The van der Waals surface area contributed by atoms with Gasteiger partial charge in [0.25, 0.3) is 0 Å². The number of anilines is 1. The van der Waals surface area contributed by atoms with Gasteiger partial charge >= 0.3 is 0 Å². The van der Waals surface area contributed by atoms with E-state index in [1.165, 1.54) is 11.8 Å². The van der Waals surface area contributed by atoms with Crippen LogP contribution in [0.1, 0.15) is 5.56 Å². The maximum Gasteiger partial charge on any atom is 0.238 e. The summed E-state index contributed by atoms with van der Waals surface area (Å²) < 4.78 is 5.79. The van der Waals surface area contributed by atoms with Crippen LogP contribution in [0.4, 0.5) is 5.82 Å². The van der Waals surface area contributed by atoms with Crippen molar-refractivity contribution in [2.75, 3.05) is 25.1 Å². The Bertz CT molecular complexity index is 734. The molecule has 1 aliphatic heterocycles. The summed E-state index contributed by atoms with van der Waals surface area (Å²) in [6.07, 6.45) is 2.47. The lowest BCUT2D eigenvalue weighted by Crippen LogP contribution is -2.24. The van der Waals surface area contributed by atoms with Crippen LogP contribution in [-0.4, -0.2) is 36.3 Å². The topological polar surface area (TPSA) is 54.5 Å². The molecule has 2 aromatic rings. The van der Waals surface area contributed by atoms with Gasteiger partial charge in [0.05, 0.1) is 16.8 Å². The van der Waals surface area contributed by atoms with E-state index in [0.717, 1.165) is 28.7 Å². The minimum Gasteiger partial charge on any atom is -0.492 e. The molecule has 3 rings (SSSR count). The van der Waals surface area contributed by atoms with E-state index in [4.69, 9.17) is 4.74 Å². The number of hydrogen-bond acceptors (Lipinski definition) is 5. The molecule has 5 nitrogen and oxygen atoms in total. The highest BCUT2D eigenvalue weighted by molar-refractivity contribution is 8.04. The van der Waals surface area contributed by atoms with E-state index in [9.17, 15) is 4.79 Å². The molecule has 1 atom stereocenters. The Kier molecular flexibility index (Phi) is 5.60. The Labute approximate surface area is 152 Å². The molecule has 0 spiro atoms. The van der Waals surface area contributed by atoms with Crippen LogP contribution in [0.3, 0.4) is 0 Å². The van der Waals surface area contributed by atoms with E-state index in [2.05, 4.69) is 21.8 Å². The number of pyridine rings is 1. The number of aromatic nitrogens is 1. The first kappa shape index (κ1) is 17.4. The maximum absolute atomic E-state index is 11.8. The van der Waals surface area contributed by atoms with E-state index < -0.39 is 0 Å². The molecule has 0 bridgehead atoms. The fraction of sp³-hybridized carbons (Fsp3) is 0.263. The van der Waals surface area contributed by atoms with Crippen LogP contribution in [0, 0.1) is 0 Å². The zero-order valence-electron chi connectivity index (χ0n) is 14.1. The van der Waals surface area contributed by atoms with Crippen LogP contribution in [0.25, 0.3) is 0 Å². The Morgan fingerprint density at radius 3 is 2.72 bits per heavy atom. The summed E-state index contributed by atoms with van der Waals surface area (Å²) in [7, 11) is 1.99. The van der Waals surface area contributed by atoms with Gasteiger partial charge in [0.1, 0.15) is 18.2 Å². The first-order chi connectivity index (χ1) is 12.1. The SMILES string of the molecule is C=C1NC(=O)C(Cc2ccc(OCCN(C)c3ccccn3)cc2)S1. The number of nitrogens with one attached hydrogen (secondary N) is 1. The van der Waals surface area contributed by atoms with Crippen LogP contribution in [0.5, 0.6) is 5.75 Å². The van der Waals surface area contributed by atoms with Crippen LogP contribution < -0.4 is 15.0 Å². The van der Waals surface area contributed by atoms with Gasteiger partial charge in [0.15, 0.2) is 0 Å². The zero-order valence-corrected chi connectivity index (χ0v) is 15.0. The highest BCUT2D eigenvalue weighted by Gasteiger charge is 2.27. The van der Waals surface area contributed by atoms with Gasteiger partial charge in [0.2, 0.25) is 5.91 Å². The average molecular weight is 355 g/mol. The lowest BCUT2D eigenvalue weighted by atomic mass is 10.1. The average Bonchev–Trinajstić information content (AvgIpc) is 2.94. The molecular formula is C19H21N3O2S. The van der Waals surface area contributed by atoms with Gasteiger partial charge in [0, 0.05) is 13.2 Å². The van der Waals surface area contributed by atoms with Crippen molar-refractivity contribution in [3.8, 4) is 5.75 Å². The number of carbonyl (C=O) groups excluding carboxylic acids is 1. The molecule has 130 valence electrons. The number of ether oxygens (including phenoxy) is 1. The molecule has 1 aromatic carbocycles. The predicted molar refractivity (Wildman–Crippen MR) is 102 cm³/mol. The molecule has 25 heavy (non-hydrogen) atoms. The number of likely N-dealkylation sites (N-methyl/N-ethyl adjacent to an activating group) is 1. The van der Waals surface area contributed by atoms with Gasteiger partial charge in [-0.3, -0.25) is 4.79 Å². The second-order valence-electron chi connectivity index (χ2n) is 5.82. The van der Waals surface area contributed by atoms with Crippen LogP contribution >= 0.6 is 11.8 Å². The van der Waals surface area contributed by atoms with Gasteiger partial charge < -0.3 is 15.0 Å². The van der Waals surface area contributed by atoms with Gasteiger partial charge in [-0.25, -0.2) is 4.98 Å². The van der Waals surface area contributed by atoms with E-state index in [0.29, 0.717) is 13.0 Å². The summed E-state index contributed by atoms with van der Waals surface area (Å²) >= 11 is 1.49. The normalized spacial score (nSPS) is 16.6.